The van der Waals surface area contributed by atoms with Crippen molar-refractivity contribution < 1.29 is 27.9 Å². The fourth-order valence-corrected chi connectivity index (χ4v) is 2.30. The monoisotopic (exact) mass is 332 g/mol. The van der Waals surface area contributed by atoms with Gasteiger partial charge in [0.2, 0.25) is 5.91 Å². The average molecular weight is 332 g/mol. The van der Waals surface area contributed by atoms with Crippen LogP contribution in [0.5, 0.6) is 0 Å². The summed E-state index contributed by atoms with van der Waals surface area (Å²) in [6.07, 6.45) is -4.59. The molecule has 10 heteroatoms. The van der Waals surface area contributed by atoms with E-state index in [4.69, 9.17) is 5.11 Å². The van der Waals surface area contributed by atoms with Crippen molar-refractivity contribution >= 4 is 23.5 Å². The van der Waals surface area contributed by atoms with Crippen molar-refractivity contribution in [2.75, 3.05) is 36.4 Å². The fourth-order valence-electron chi connectivity index (χ4n) is 2.30. The van der Waals surface area contributed by atoms with Gasteiger partial charge < -0.3 is 20.2 Å². The second-order valence-corrected chi connectivity index (χ2v) is 5.03. The van der Waals surface area contributed by atoms with Crippen LogP contribution in [0.25, 0.3) is 0 Å². The van der Waals surface area contributed by atoms with Gasteiger partial charge in [-0.2, -0.15) is 13.2 Å². The lowest BCUT2D eigenvalue weighted by atomic mass is 10.2. The summed E-state index contributed by atoms with van der Waals surface area (Å²) in [5.41, 5.74) is -1.01. The number of hydrogen-bond acceptors (Lipinski definition) is 4. The molecule has 0 radical (unpaired) electrons. The smallest absolute Gasteiger partial charge is 0.420 e. The lowest BCUT2D eigenvalue weighted by Gasteiger charge is -2.35. The first-order chi connectivity index (χ1) is 10.7. The minimum absolute atomic E-state index is 0.0438. The Morgan fingerprint density at radius 1 is 1.26 bits per heavy atom. The third-order valence-corrected chi connectivity index (χ3v) is 3.34. The van der Waals surface area contributed by atoms with Crippen molar-refractivity contribution in [3.05, 3.63) is 17.8 Å². The summed E-state index contributed by atoms with van der Waals surface area (Å²) < 4.78 is 39.7. The highest BCUT2D eigenvalue weighted by molar-refractivity contribution is 5.88. The van der Waals surface area contributed by atoms with Crippen LogP contribution in [0.1, 0.15) is 12.5 Å². The van der Waals surface area contributed by atoms with Crippen molar-refractivity contribution in [1.82, 2.24) is 9.88 Å². The lowest BCUT2D eigenvalue weighted by molar-refractivity contribution is -0.137. The van der Waals surface area contributed by atoms with Gasteiger partial charge in [0.15, 0.2) is 0 Å². The van der Waals surface area contributed by atoms with E-state index in [0.717, 1.165) is 17.2 Å². The molecule has 2 rings (SSSR count). The van der Waals surface area contributed by atoms with Crippen molar-refractivity contribution in [2.24, 2.45) is 0 Å². The van der Waals surface area contributed by atoms with Gasteiger partial charge in [-0.1, -0.05) is 0 Å². The summed E-state index contributed by atoms with van der Waals surface area (Å²) in [7, 11) is 0. The normalized spacial score (nSPS) is 15.5. The number of carbonyl (C=O) groups excluding carboxylic acids is 1. The number of pyridine rings is 1. The molecule has 1 aromatic rings. The van der Waals surface area contributed by atoms with Crippen LogP contribution in [0.3, 0.4) is 0 Å². The van der Waals surface area contributed by atoms with Crippen LogP contribution in [0.4, 0.5) is 29.5 Å². The largest absolute Gasteiger partial charge is 0.465 e. The van der Waals surface area contributed by atoms with Gasteiger partial charge >= 0.3 is 12.3 Å². The van der Waals surface area contributed by atoms with E-state index in [0.29, 0.717) is 0 Å². The van der Waals surface area contributed by atoms with E-state index in [2.05, 4.69) is 10.3 Å². The Kier molecular flexibility index (Phi) is 4.62. The molecule has 2 amide bonds. The Hall–Kier alpha value is -2.52. The SMILES string of the molecule is CC(=O)Nc1cnc(N2CCN(C(=O)O)CC2)c(C(F)(F)F)c1. The van der Waals surface area contributed by atoms with Crippen molar-refractivity contribution in [3.63, 3.8) is 0 Å². The molecule has 2 heterocycles. The molecule has 1 aromatic heterocycles. The molecule has 1 fully saturated rings. The molecule has 0 saturated carbocycles. The third kappa shape index (κ3) is 4.02. The number of nitrogens with one attached hydrogen (secondary N) is 1. The van der Waals surface area contributed by atoms with Gasteiger partial charge in [0.1, 0.15) is 11.4 Å². The summed E-state index contributed by atoms with van der Waals surface area (Å²) in [6, 6.07) is 0.827. The van der Waals surface area contributed by atoms with Gasteiger partial charge in [-0.25, -0.2) is 9.78 Å². The minimum Gasteiger partial charge on any atom is -0.465 e. The number of halogens is 3. The summed E-state index contributed by atoms with van der Waals surface area (Å²) in [4.78, 5) is 28.2. The highest BCUT2D eigenvalue weighted by Gasteiger charge is 2.37. The molecule has 0 bridgehead atoms. The molecule has 1 aliphatic rings. The molecule has 126 valence electrons. The topological polar surface area (TPSA) is 85.8 Å². The van der Waals surface area contributed by atoms with Crippen LogP contribution < -0.4 is 10.2 Å². The molecule has 0 spiro atoms. The molecule has 7 nitrogen and oxygen atoms in total. The number of aromatic nitrogens is 1. The first kappa shape index (κ1) is 16.8. The Bertz CT molecular complexity index is 613. The Labute approximate surface area is 129 Å². The van der Waals surface area contributed by atoms with Gasteiger partial charge in [0, 0.05) is 33.1 Å². The summed E-state index contributed by atoms with van der Waals surface area (Å²) >= 11 is 0. The quantitative estimate of drug-likeness (QED) is 0.863. The van der Waals surface area contributed by atoms with Gasteiger partial charge in [-0.05, 0) is 6.07 Å². The molecule has 2 N–H and O–H groups in total. The van der Waals surface area contributed by atoms with Gasteiger partial charge in [0.05, 0.1) is 11.9 Å². The average Bonchev–Trinajstić information content (AvgIpc) is 2.46. The van der Waals surface area contributed by atoms with E-state index in [1.807, 2.05) is 0 Å². The summed E-state index contributed by atoms with van der Waals surface area (Å²) in [5.74, 6) is -0.764. The number of anilines is 2. The number of rotatable bonds is 2. The summed E-state index contributed by atoms with van der Waals surface area (Å²) in [5, 5.41) is 11.1. The maximum atomic E-state index is 13.2. The highest BCUT2D eigenvalue weighted by atomic mass is 19.4. The number of alkyl halides is 3. The standard InChI is InChI=1S/C13H15F3N4O3/c1-8(21)18-9-6-10(13(14,15)16)11(17-7-9)19-2-4-20(5-3-19)12(22)23/h6-7H,2-5H2,1H3,(H,18,21)(H,22,23). The van der Waals surface area contributed by atoms with Crippen molar-refractivity contribution in [1.29, 1.82) is 0 Å². The molecule has 0 unspecified atom stereocenters. The van der Waals surface area contributed by atoms with Gasteiger partial charge in [0.25, 0.3) is 0 Å². The van der Waals surface area contributed by atoms with Crippen LogP contribution in [-0.4, -0.2) is 53.2 Å². The molecular formula is C13H15F3N4O3. The number of carboxylic acid groups (broad SMARTS) is 1. The minimum atomic E-state index is -4.64. The molecule has 23 heavy (non-hydrogen) atoms. The van der Waals surface area contributed by atoms with E-state index < -0.39 is 23.7 Å². The zero-order valence-electron chi connectivity index (χ0n) is 12.2. The Balaban J connectivity index is 2.28. The number of nitrogens with zero attached hydrogens (tertiary/aromatic N) is 3. The third-order valence-electron chi connectivity index (χ3n) is 3.34. The Morgan fingerprint density at radius 3 is 2.35 bits per heavy atom. The van der Waals surface area contributed by atoms with Gasteiger partial charge in [-0.15, -0.1) is 0 Å². The molecule has 0 atom stereocenters. The zero-order chi connectivity index (χ0) is 17.2. The van der Waals surface area contributed by atoms with Crippen LogP contribution in [0, 0.1) is 0 Å². The van der Waals surface area contributed by atoms with E-state index in [1.165, 1.54) is 11.8 Å². The van der Waals surface area contributed by atoms with Gasteiger partial charge in [-0.3, -0.25) is 4.79 Å². The van der Waals surface area contributed by atoms with E-state index in [-0.39, 0.29) is 37.7 Å². The highest BCUT2D eigenvalue weighted by Crippen LogP contribution is 2.37. The second-order valence-electron chi connectivity index (χ2n) is 5.03. The molecule has 0 aromatic carbocycles. The molecular weight excluding hydrogens is 317 g/mol. The Morgan fingerprint density at radius 2 is 1.87 bits per heavy atom. The lowest BCUT2D eigenvalue weighted by Crippen LogP contribution is -2.49. The van der Waals surface area contributed by atoms with Crippen molar-refractivity contribution in [2.45, 2.75) is 13.1 Å². The van der Waals surface area contributed by atoms with Crippen LogP contribution in [0.15, 0.2) is 12.3 Å². The molecule has 1 aliphatic heterocycles. The molecule has 0 aliphatic carbocycles. The number of carbonyl (C=O) groups is 2. The fraction of sp³-hybridized carbons (Fsp3) is 0.462. The predicted molar refractivity (Wildman–Crippen MR) is 75.4 cm³/mol. The van der Waals surface area contributed by atoms with E-state index >= 15 is 0 Å². The van der Waals surface area contributed by atoms with Crippen LogP contribution in [0.2, 0.25) is 0 Å². The van der Waals surface area contributed by atoms with Crippen LogP contribution in [-0.2, 0) is 11.0 Å². The molecule has 1 saturated heterocycles. The van der Waals surface area contributed by atoms with Crippen molar-refractivity contribution in [3.8, 4) is 0 Å². The second kappa shape index (κ2) is 6.31. The maximum absolute atomic E-state index is 13.2. The first-order valence-corrected chi connectivity index (χ1v) is 6.76. The van der Waals surface area contributed by atoms with Crippen LogP contribution >= 0.6 is 0 Å². The number of piperazine rings is 1. The number of amides is 2. The first-order valence-electron chi connectivity index (χ1n) is 6.76. The van der Waals surface area contributed by atoms with E-state index in [1.54, 1.807) is 0 Å². The zero-order valence-corrected chi connectivity index (χ0v) is 12.2. The summed E-state index contributed by atoms with van der Waals surface area (Å²) in [6.45, 7) is 1.61. The predicted octanol–water partition coefficient (Wildman–Crippen LogP) is 1.86. The van der Waals surface area contributed by atoms with E-state index in [9.17, 15) is 22.8 Å². The maximum Gasteiger partial charge on any atom is 0.420 e. The number of hydrogen-bond donors (Lipinski definition) is 2.